The molecule has 0 spiro atoms. The molecule has 3 N–H and O–H groups in total. The molecule has 0 saturated heterocycles. The van der Waals surface area contributed by atoms with Crippen molar-refractivity contribution in [1.29, 1.82) is 0 Å². The highest BCUT2D eigenvalue weighted by Gasteiger charge is 2.38. The Hall–Kier alpha value is -3.55. The van der Waals surface area contributed by atoms with E-state index in [0.29, 0.717) is 11.5 Å². The van der Waals surface area contributed by atoms with Crippen LogP contribution in [-0.2, 0) is 6.18 Å². The van der Waals surface area contributed by atoms with Gasteiger partial charge in [-0.1, -0.05) is 23.8 Å². The summed E-state index contributed by atoms with van der Waals surface area (Å²) in [6.45, 7) is 1.96. The Morgan fingerprint density at radius 2 is 1.75 bits per heavy atom. The Morgan fingerprint density at radius 3 is 2.46 bits per heavy atom. The predicted octanol–water partition coefficient (Wildman–Crippen LogP) is 5.05. The lowest BCUT2D eigenvalue weighted by Gasteiger charge is -2.11. The van der Waals surface area contributed by atoms with E-state index in [-0.39, 0.29) is 17.0 Å². The molecule has 0 unspecified atom stereocenters. The van der Waals surface area contributed by atoms with Crippen LogP contribution in [0.4, 0.5) is 30.4 Å². The third-order valence-electron chi connectivity index (χ3n) is 4.21. The number of hydrogen-bond acceptors (Lipinski definition) is 4. The summed E-state index contributed by atoms with van der Waals surface area (Å²) in [5.74, 6) is 0.345. The Morgan fingerprint density at radius 1 is 1.00 bits per heavy atom. The molecule has 0 amide bonds. The fourth-order valence-corrected chi connectivity index (χ4v) is 2.96. The maximum absolute atomic E-state index is 13.6. The van der Waals surface area contributed by atoms with Gasteiger partial charge in [0.2, 0.25) is 0 Å². The van der Waals surface area contributed by atoms with Crippen LogP contribution < -0.4 is 11.1 Å². The SMILES string of the molecule is Cc1ccc(Nc2cc(N)cc(-c3c(C(F)(F)F)nc4ccccn34)n2)cc1. The van der Waals surface area contributed by atoms with Gasteiger partial charge in [-0.2, -0.15) is 13.2 Å². The van der Waals surface area contributed by atoms with Crippen LogP contribution in [0, 0.1) is 6.92 Å². The summed E-state index contributed by atoms with van der Waals surface area (Å²) in [6, 6.07) is 15.3. The number of nitrogens with one attached hydrogen (secondary N) is 1. The number of nitrogen functional groups attached to an aromatic ring is 1. The molecule has 5 nitrogen and oxygen atoms in total. The van der Waals surface area contributed by atoms with Gasteiger partial charge in [-0.25, -0.2) is 9.97 Å². The highest BCUT2D eigenvalue weighted by molar-refractivity contribution is 5.71. The van der Waals surface area contributed by atoms with Crippen molar-refractivity contribution < 1.29 is 13.2 Å². The number of aromatic nitrogens is 3. The summed E-state index contributed by atoms with van der Waals surface area (Å²) in [5, 5.41) is 3.08. The van der Waals surface area contributed by atoms with Crippen molar-refractivity contribution in [2.24, 2.45) is 0 Å². The molecule has 0 bridgehead atoms. The van der Waals surface area contributed by atoms with Crippen LogP contribution >= 0.6 is 0 Å². The Labute approximate surface area is 158 Å². The quantitative estimate of drug-likeness (QED) is 0.520. The summed E-state index contributed by atoms with van der Waals surface area (Å²) < 4.78 is 42.2. The Bertz CT molecular complexity index is 1150. The van der Waals surface area contributed by atoms with E-state index in [1.54, 1.807) is 18.2 Å². The summed E-state index contributed by atoms with van der Waals surface area (Å²) in [6.07, 6.45) is -3.11. The van der Waals surface area contributed by atoms with Crippen LogP contribution in [0.5, 0.6) is 0 Å². The normalized spacial score (nSPS) is 11.7. The maximum atomic E-state index is 13.6. The number of hydrogen-bond donors (Lipinski definition) is 2. The third kappa shape index (κ3) is 3.36. The highest BCUT2D eigenvalue weighted by atomic mass is 19.4. The number of nitrogens with zero attached hydrogens (tertiary/aromatic N) is 3. The number of imidazole rings is 1. The molecular formula is C20H16F3N5. The average molecular weight is 383 g/mol. The van der Waals surface area contributed by atoms with Crippen molar-refractivity contribution in [2.45, 2.75) is 13.1 Å². The first-order chi connectivity index (χ1) is 13.3. The Kier molecular flexibility index (Phi) is 4.18. The number of nitrogens with two attached hydrogens (primary N) is 1. The van der Waals surface area contributed by atoms with Crippen molar-refractivity contribution in [3.05, 3.63) is 72.1 Å². The van der Waals surface area contributed by atoms with Gasteiger partial charge in [0.1, 0.15) is 17.2 Å². The Balaban J connectivity index is 1.86. The maximum Gasteiger partial charge on any atom is 0.435 e. The predicted molar refractivity (Wildman–Crippen MR) is 102 cm³/mol. The zero-order valence-electron chi connectivity index (χ0n) is 14.8. The van der Waals surface area contributed by atoms with Crippen molar-refractivity contribution in [1.82, 2.24) is 14.4 Å². The molecule has 1 aromatic carbocycles. The number of pyridine rings is 2. The van der Waals surface area contributed by atoms with Gasteiger partial charge in [-0.05, 0) is 37.3 Å². The van der Waals surface area contributed by atoms with E-state index in [0.717, 1.165) is 11.3 Å². The van der Waals surface area contributed by atoms with Gasteiger partial charge in [-0.3, -0.25) is 4.40 Å². The van der Waals surface area contributed by atoms with E-state index in [1.165, 1.54) is 22.7 Å². The lowest BCUT2D eigenvalue weighted by atomic mass is 10.2. The molecule has 0 aliphatic heterocycles. The molecule has 8 heteroatoms. The molecule has 4 rings (SSSR count). The van der Waals surface area contributed by atoms with Gasteiger partial charge in [0.25, 0.3) is 0 Å². The lowest BCUT2D eigenvalue weighted by molar-refractivity contribution is -0.140. The van der Waals surface area contributed by atoms with Gasteiger partial charge >= 0.3 is 6.18 Å². The van der Waals surface area contributed by atoms with Crippen LogP contribution in [0.2, 0.25) is 0 Å². The number of anilines is 3. The van der Waals surface area contributed by atoms with Gasteiger partial charge in [-0.15, -0.1) is 0 Å². The van der Waals surface area contributed by atoms with E-state index in [4.69, 9.17) is 5.73 Å². The van der Waals surface area contributed by atoms with Crippen molar-refractivity contribution in [3.63, 3.8) is 0 Å². The van der Waals surface area contributed by atoms with Gasteiger partial charge < -0.3 is 11.1 Å². The zero-order valence-corrected chi connectivity index (χ0v) is 14.8. The first-order valence-electron chi connectivity index (χ1n) is 8.47. The summed E-state index contributed by atoms with van der Waals surface area (Å²) in [5.41, 5.74) is 7.20. The zero-order chi connectivity index (χ0) is 19.9. The number of alkyl halides is 3. The van der Waals surface area contributed by atoms with Gasteiger partial charge in [0, 0.05) is 23.6 Å². The van der Waals surface area contributed by atoms with Crippen LogP contribution in [0.1, 0.15) is 11.3 Å². The molecule has 0 aliphatic rings. The standard InChI is InChI=1S/C20H16F3N5/c1-12-5-7-14(8-6-12)25-16-11-13(24)10-15(26-16)18-19(20(21,22)23)27-17-4-2-3-9-28(17)18/h2-11H,1H3,(H3,24,25,26). The van der Waals surface area contributed by atoms with Crippen LogP contribution in [-0.4, -0.2) is 14.4 Å². The number of halogens is 3. The number of aryl methyl sites for hydroxylation is 1. The van der Waals surface area contributed by atoms with E-state index in [9.17, 15) is 13.2 Å². The minimum Gasteiger partial charge on any atom is -0.399 e. The third-order valence-corrected chi connectivity index (χ3v) is 4.21. The molecule has 0 atom stereocenters. The first kappa shape index (κ1) is 17.8. The molecular weight excluding hydrogens is 367 g/mol. The fourth-order valence-electron chi connectivity index (χ4n) is 2.96. The molecule has 0 fully saturated rings. The monoisotopic (exact) mass is 383 g/mol. The molecule has 4 aromatic rings. The summed E-state index contributed by atoms with van der Waals surface area (Å²) in [7, 11) is 0. The summed E-state index contributed by atoms with van der Waals surface area (Å²) in [4.78, 5) is 8.12. The second-order valence-corrected chi connectivity index (χ2v) is 6.40. The van der Waals surface area contributed by atoms with Crippen LogP contribution in [0.15, 0.2) is 60.8 Å². The number of benzene rings is 1. The topological polar surface area (TPSA) is 68.2 Å². The minimum absolute atomic E-state index is 0.0839. The number of fused-ring (bicyclic) bond motifs is 1. The van der Waals surface area contributed by atoms with E-state index in [2.05, 4.69) is 15.3 Å². The van der Waals surface area contributed by atoms with E-state index in [1.807, 2.05) is 31.2 Å². The molecule has 28 heavy (non-hydrogen) atoms. The second-order valence-electron chi connectivity index (χ2n) is 6.40. The van der Waals surface area contributed by atoms with Crippen molar-refractivity contribution in [2.75, 3.05) is 11.1 Å². The number of rotatable bonds is 3. The van der Waals surface area contributed by atoms with Gasteiger partial charge in [0.05, 0.1) is 5.69 Å². The second kappa shape index (κ2) is 6.56. The molecule has 0 radical (unpaired) electrons. The average Bonchev–Trinajstić information content (AvgIpc) is 3.03. The van der Waals surface area contributed by atoms with E-state index >= 15 is 0 Å². The van der Waals surface area contributed by atoms with E-state index < -0.39 is 11.9 Å². The highest BCUT2D eigenvalue weighted by Crippen LogP contribution is 2.37. The first-order valence-corrected chi connectivity index (χ1v) is 8.47. The minimum atomic E-state index is -4.63. The van der Waals surface area contributed by atoms with Crippen molar-refractivity contribution in [3.8, 4) is 11.4 Å². The lowest BCUT2D eigenvalue weighted by Crippen LogP contribution is -2.09. The molecule has 0 saturated carbocycles. The van der Waals surface area contributed by atoms with Crippen LogP contribution in [0.3, 0.4) is 0 Å². The molecule has 142 valence electrons. The van der Waals surface area contributed by atoms with Gasteiger partial charge in [0.15, 0.2) is 5.69 Å². The largest absolute Gasteiger partial charge is 0.435 e. The fraction of sp³-hybridized carbons (Fsp3) is 0.100. The molecule has 0 aliphatic carbocycles. The smallest absolute Gasteiger partial charge is 0.399 e. The van der Waals surface area contributed by atoms with Crippen LogP contribution in [0.25, 0.3) is 17.0 Å². The molecule has 3 aromatic heterocycles. The molecule has 3 heterocycles. The summed E-state index contributed by atoms with van der Waals surface area (Å²) >= 11 is 0. The van der Waals surface area contributed by atoms with Crippen molar-refractivity contribution >= 4 is 22.8 Å².